The first kappa shape index (κ1) is 51.6. The average molecular weight is 847 g/mol. The number of hydrogen-bond acceptors (Lipinski definition) is 6. The maximum atomic E-state index is 11.9. The summed E-state index contributed by atoms with van der Waals surface area (Å²) in [6.07, 6.45) is 27.4. The van der Waals surface area contributed by atoms with Crippen LogP contribution in [0.3, 0.4) is 0 Å². The Kier molecular flexibility index (Phi) is 25.4. The predicted octanol–water partition coefficient (Wildman–Crippen LogP) is 13.2. The molecule has 0 spiro atoms. The van der Waals surface area contributed by atoms with Crippen molar-refractivity contribution in [2.75, 3.05) is 0 Å². The second kappa shape index (κ2) is 28.1. The molecule has 4 aromatic carbocycles. The van der Waals surface area contributed by atoms with Gasteiger partial charge in [0, 0.05) is 10.8 Å². The molecule has 6 nitrogen and oxygen atoms in total. The molecule has 9 heteroatoms. The molecule has 0 aliphatic heterocycles. The van der Waals surface area contributed by atoms with Gasteiger partial charge in [0.15, 0.2) is 0 Å². The van der Waals surface area contributed by atoms with Crippen molar-refractivity contribution in [3.05, 3.63) is 82.9 Å². The second-order valence-electron chi connectivity index (χ2n) is 15.7. The molecule has 0 unspecified atom stereocenters. The molecule has 4 aromatic rings. The van der Waals surface area contributed by atoms with E-state index in [1.54, 1.807) is 12.1 Å². The van der Waals surface area contributed by atoms with E-state index in [0.717, 1.165) is 86.1 Å². The van der Waals surface area contributed by atoms with Crippen LogP contribution in [0.1, 0.15) is 178 Å². The van der Waals surface area contributed by atoms with Crippen molar-refractivity contribution >= 4 is 79.5 Å². The number of hydrogen-bond donors (Lipinski definition) is 0. The first-order valence-corrected chi connectivity index (χ1v) is 24.8. The van der Waals surface area contributed by atoms with Crippen molar-refractivity contribution in [1.82, 2.24) is 0 Å². The number of benzene rings is 4. The fraction of sp³-hybridized carbons (Fsp3) is 0.583. The van der Waals surface area contributed by atoms with E-state index in [1.807, 2.05) is 24.3 Å². The number of unbranched alkanes of at least 4 members (excludes halogenated alkanes) is 16. The van der Waals surface area contributed by atoms with Crippen molar-refractivity contribution in [3.63, 3.8) is 0 Å². The van der Waals surface area contributed by atoms with Gasteiger partial charge in [-0.2, -0.15) is 0 Å². The summed E-state index contributed by atoms with van der Waals surface area (Å²) in [6.45, 7) is 8.83. The van der Waals surface area contributed by atoms with Crippen LogP contribution >= 0.6 is 0 Å². The van der Waals surface area contributed by atoms with Gasteiger partial charge in [0.1, 0.15) is 20.2 Å². The van der Waals surface area contributed by atoms with Gasteiger partial charge in [-0.1, -0.05) is 179 Å². The van der Waals surface area contributed by atoms with Crippen molar-refractivity contribution in [2.24, 2.45) is 0 Å². The zero-order valence-electron chi connectivity index (χ0n) is 35.7. The van der Waals surface area contributed by atoms with Gasteiger partial charge in [0.25, 0.3) is 0 Å². The smallest absolute Gasteiger partial charge is 0.744 e. The van der Waals surface area contributed by atoms with Crippen molar-refractivity contribution < 1.29 is 25.9 Å². The predicted molar refractivity (Wildman–Crippen MR) is 239 cm³/mol. The number of aryl methyl sites for hydroxylation is 4. The average Bonchev–Trinajstić information content (AvgIpc) is 3.17. The number of fused-ring (bicyclic) bond motifs is 2. The van der Waals surface area contributed by atoms with Crippen molar-refractivity contribution in [3.8, 4) is 0 Å². The van der Waals surface area contributed by atoms with Gasteiger partial charge in [-0.15, -0.1) is 0 Å². The van der Waals surface area contributed by atoms with Gasteiger partial charge in [-0.25, -0.2) is 16.8 Å². The third-order valence-corrected chi connectivity index (χ3v) is 12.9. The van der Waals surface area contributed by atoms with E-state index < -0.39 is 20.2 Å². The normalized spacial score (nSPS) is 11.8. The standard InChI is InChI=1S/2C24H36O3S.Ca/c2*1-3-5-7-9-11-14-20-18-19-21-15-13-17-23(28(25,26)27)24(21)22(20)16-12-10-8-6-4-2;/h2*13,15,17-19H,3-12,14,16H2,1-2H3,(H,25,26,27);/q;;+2/p-2. The van der Waals surface area contributed by atoms with Gasteiger partial charge < -0.3 is 9.11 Å². The van der Waals surface area contributed by atoms with Crippen molar-refractivity contribution in [2.45, 2.75) is 192 Å². The van der Waals surface area contributed by atoms with Crippen LogP contribution in [0.15, 0.2) is 70.5 Å². The summed E-state index contributed by atoms with van der Waals surface area (Å²) < 4.78 is 71.4. The Hall–Kier alpha value is -1.52. The van der Waals surface area contributed by atoms with Gasteiger partial charge in [-0.3, -0.25) is 0 Å². The minimum absolute atomic E-state index is 0. The molecule has 0 aliphatic rings. The van der Waals surface area contributed by atoms with Crippen molar-refractivity contribution in [1.29, 1.82) is 0 Å². The van der Waals surface area contributed by atoms with Crippen LogP contribution in [0.5, 0.6) is 0 Å². The zero-order valence-corrected chi connectivity index (χ0v) is 39.6. The van der Waals surface area contributed by atoms with Gasteiger partial charge >= 0.3 is 37.7 Å². The molecule has 0 aliphatic carbocycles. The maximum Gasteiger partial charge on any atom is 2.00 e. The largest absolute Gasteiger partial charge is 2.00 e. The van der Waals surface area contributed by atoms with E-state index in [1.165, 1.54) is 113 Å². The molecule has 0 N–H and O–H groups in total. The molecule has 57 heavy (non-hydrogen) atoms. The molecule has 0 radical (unpaired) electrons. The van der Waals surface area contributed by atoms with Crippen LogP contribution in [-0.4, -0.2) is 63.7 Å². The minimum Gasteiger partial charge on any atom is -0.744 e. The van der Waals surface area contributed by atoms with E-state index in [9.17, 15) is 25.9 Å². The molecular weight excluding hydrogens is 777 g/mol. The molecule has 312 valence electrons. The summed E-state index contributed by atoms with van der Waals surface area (Å²) in [4.78, 5) is -0.109. The quantitative estimate of drug-likeness (QED) is 0.0353. The zero-order chi connectivity index (χ0) is 40.8. The Morgan fingerprint density at radius 2 is 0.684 bits per heavy atom. The molecular formula is C48H70CaO6S2. The molecule has 0 aromatic heterocycles. The van der Waals surface area contributed by atoms with Gasteiger partial charge in [0.05, 0.1) is 9.79 Å². The van der Waals surface area contributed by atoms with E-state index in [-0.39, 0.29) is 47.5 Å². The fourth-order valence-electron chi connectivity index (χ4n) is 8.03. The first-order chi connectivity index (χ1) is 27.0. The monoisotopic (exact) mass is 846 g/mol. The molecule has 0 fully saturated rings. The van der Waals surface area contributed by atoms with E-state index in [2.05, 4.69) is 39.8 Å². The summed E-state index contributed by atoms with van der Waals surface area (Å²) in [5, 5.41) is 3.04. The van der Waals surface area contributed by atoms with Crippen LogP contribution in [0.2, 0.25) is 0 Å². The first-order valence-electron chi connectivity index (χ1n) is 22.0. The van der Waals surface area contributed by atoms with Crippen LogP contribution in [-0.2, 0) is 45.9 Å². The van der Waals surface area contributed by atoms with Crippen LogP contribution < -0.4 is 0 Å². The van der Waals surface area contributed by atoms with E-state index in [0.29, 0.717) is 10.8 Å². The summed E-state index contributed by atoms with van der Waals surface area (Å²) in [7, 11) is -8.98. The Labute approximate surface area is 376 Å². The third-order valence-electron chi connectivity index (χ3n) is 11.1. The molecule has 0 atom stereocenters. The molecule has 4 rings (SSSR count). The van der Waals surface area contributed by atoms with Gasteiger partial charge in [0.2, 0.25) is 0 Å². The van der Waals surface area contributed by atoms with Crippen LogP contribution in [0.25, 0.3) is 21.5 Å². The second-order valence-corrected chi connectivity index (χ2v) is 18.4. The van der Waals surface area contributed by atoms with Crippen LogP contribution in [0, 0.1) is 0 Å². The molecule has 0 saturated heterocycles. The molecule has 0 heterocycles. The summed E-state index contributed by atoms with van der Waals surface area (Å²) in [5.41, 5.74) is 4.60. The Morgan fingerprint density at radius 1 is 0.386 bits per heavy atom. The molecule has 0 bridgehead atoms. The van der Waals surface area contributed by atoms with Gasteiger partial charge in [-0.05, 0) is 96.5 Å². The Balaban J connectivity index is 0.000000387. The molecule has 0 saturated carbocycles. The third kappa shape index (κ3) is 17.5. The summed E-state index contributed by atoms with van der Waals surface area (Å²) >= 11 is 0. The minimum atomic E-state index is -4.49. The fourth-order valence-corrected chi connectivity index (χ4v) is 9.50. The summed E-state index contributed by atoms with van der Waals surface area (Å²) in [5.74, 6) is 0. The molecule has 0 amide bonds. The topological polar surface area (TPSA) is 114 Å². The Morgan fingerprint density at radius 3 is 0.982 bits per heavy atom. The SMILES string of the molecule is CCCCCCCc1ccc2cccc(S(=O)(=O)[O-])c2c1CCCCCCC.CCCCCCCc1ccc2cccc(S(=O)(=O)[O-])c2c1CCCCCCC.[Ca+2]. The number of rotatable bonds is 26. The van der Waals surface area contributed by atoms with E-state index in [4.69, 9.17) is 0 Å². The maximum absolute atomic E-state index is 11.9. The summed E-state index contributed by atoms with van der Waals surface area (Å²) in [6, 6.07) is 18.3. The van der Waals surface area contributed by atoms with Crippen LogP contribution in [0.4, 0.5) is 0 Å². The Bertz CT molecular complexity index is 1830. The van der Waals surface area contributed by atoms with E-state index >= 15 is 0 Å².